The lowest BCUT2D eigenvalue weighted by Crippen LogP contribution is -2.27. The van der Waals surface area contributed by atoms with E-state index in [2.05, 4.69) is 22.5 Å². The van der Waals surface area contributed by atoms with Crippen LogP contribution in [-0.4, -0.2) is 24.3 Å². The monoisotopic (exact) mass is 301 g/mol. The Balaban J connectivity index is 1.84. The summed E-state index contributed by atoms with van der Waals surface area (Å²) < 4.78 is 0. The van der Waals surface area contributed by atoms with Gasteiger partial charge in [-0.15, -0.1) is 6.58 Å². The molecule has 22 heavy (non-hydrogen) atoms. The fourth-order valence-electron chi connectivity index (χ4n) is 2.15. The van der Waals surface area contributed by atoms with Gasteiger partial charge < -0.3 is 16.0 Å². The third-order valence-electron chi connectivity index (χ3n) is 3.36. The van der Waals surface area contributed by atoms with E-state index < -0.39 is 0 Å². The van der Waals surface area contributed by atoms with Crippen LogP contribution in [0.15, 0.2) is 36.9 Å². The molecule has 2 atom stereocenters. The van der Waals surface area contributed by atoms with Crippen LogP contribution in [0, 0.1) is 11.8 Å². The van der Waals surface area contributed by atoms with Crippen LogP contribution in [0.4, 0.5) is 11.4 Å². The second kappa shape index (κ2) is 6.89. The summed E-state index contributed by atoms with van der Waals surface area (Å²) in [5, 5.41) is 8.11. The predicted molar refractivity (Wildman–Crippen MR) is 84.2 cm³/mol. The van der Waals surface area contributed by atoms with E-state index >= 15 is 0 Å². The molecular weight excluding hydrogens is 282 g/mol. The van der Waals surface area contributed by atoms with Crippen molar-refractivity contribution < 1.29 is 14.4 Å². The summed E-state index contributed by atoms with van der Waals surface area (Å²) in [4.78, 5) is 34.7. The van der Waals surface area contributed by atoms with Crippen molar-refractivity contribution >= 4 is 29.1 Å². The standard InChI is InChI=1S/C16H19N3O3/c1-3-8-17-15(21)13-9-14(13)16(22)19-12-6-4-11(5-7-12)18-10(2)20/h3-7,13-14H,1,8-9H2,2H3,(H,17,21)(H,18,20)(H,19,22). The minimum atomic E-state index is -0.278. The van der Waals surface area contributed by atoms with E-state index in [0.29, 0.717) is 24.3 Å². The van der Waals surface area contributed by atoms with Gasteiger partial charge in [0.25, 0.3) is 0 Å². The van der Waals surface area contributed by atoms with Crippen molar-refractivity contribution in [1.82, 2.24) is 5.32 Å². The molecule has 1 saturated carbocycles. The first kappa shape index (κ1) is 15.8. The van der Waals surface area contributed by atoms with Crippen LogP contribution in [0.3, 0.4) is 0 Å². The summed E-state index contributed by atoms with van der Waals surface area (Å²) in [6.45, 7) is 5.37. The fraction of sp³-hybridized carbons (Fsp3) is 0.312. The number of anilines is 2. The first-order chi connectivity index (χ1) is 10.5. The third-order valence-corrected chi connectivity index (χ3v) is 3.36. The van der Waals surface area contributed by atoms with Crippen LogP contribution in [-0.2, 0) is 14.4 Å². The van der Waals surface area contributed by atoms with Gasteiger partial charge in [-0.1, -0.05) is 6.08 Å². The number of hydrogen-bond acceptors (Lipinski definition) is 3. The van der Waals surface area contributed by atoms with Crippen LogP contribution in [0.25, 0.3) is 0 Å². The van der Waals surface area contributed by atoms with E-state index in [1.165, 1.54) is 6.92 Å². The molecule has 6 nitrogen and oxygen atoms in total. The molecule has 1 aromatic carbocycles. The van der Waals surface area contributed by atoms with Gasteiger partial charge in [0.1, 0.15) is 0 Å². The first-order valence-corrected chi connectivity index (χ1v) is 7.08. The number of hydrogen-bond donors (Lipinski definition) is 3. The molecule has 0 radical (unpaired) electrons. The van der Waals surface area contributed by atoms with Gasteiger partial charge in [-0.25, -0.2) is 0 Å². The lowest BCUT2D eigenvalue weighted by atomic mass is 10.2. The molecule has 116 valence electrons. The fourth-order valence-corrected chi connectivity index (χ4v) is 2.15. The summed E-state index contributed by atoms with van der Waals surface area (Å²) in [5.74, 6) is -0.950. The average Bonchev–Trinajstić information content (AvgIpc) is 3.27. The van der Waals surface area contributed by atoms with E-state index in [1.807, 2.05) is 0 Å². The normalized spacial score (nSPS) is 19.0. The molecule has 3 N–H and O–H groups in total. The molecule has 0 heterocycles. The van der Waals surface area contributed by atoms with Crippen molar-refractivity contribution in [2.24, 2.45) is 11.8 Å². The quantitative estimate of drug-likeness (QED) is 0.696. The van der Waals surface area contributed by atoms with Crippen LogP contribution in [0.1, 0.15) is 13.3 Å². The molecule has 1 aliphatic carbocycles. The Morgan fingerprint density at radius 3 is 2.18 bits per heavy atom. The third kappa shape index (κ3) is 4.18. The molecular formula is C16H19N3O3. The van der Waals surface area contributed by atoms with Gasteiger partial charge >= 0.3 is 0 Å². The molecule has 0 bridgehead atoms. The molecule has 0 aliphatic heterocycles. The van der Waals surface area contributed by atoms with Crippen LogP contribution < -0.4 is 16.0 Å². The summed E-state index contributed by atoms with van der Waals surface area (Å²) in [7, 11) is 0. The first-order valence-electron chi connectivity index (χ1n) is 7.08. The summed E-state index contributed by atoms with van der Waals surface area (Å²) >= 11 is 0. The Hall–Kier alpha value is -2.63. The Labute approximate surface area is 129 Å². The highest BCUT2D eigenvalue weighted by atomic mass is 16.2. The second-order valence-electron chi connectivity index (χ2n) is 5.23. The SMILES string of the molecule is C=CCNC(=O)C1CC1C(=O)Nc1ccc(NC(C)=O)cc1. The topological polar surface area (TPSA) is 87.3 Å². The number of carbonyl (C=O) groups is 3. The zero-order valence-corrected chi connectivity index (χ0v) is 12.4. The van der Waals surface area contributed by atoms with Gasteiger partial charge in [0.2, 0.25) is 17.7 Å². The number of amides is 3. The second-order valence-corrected chi connectivity index (χ2v) is 5.23. The lowest BCUT2D eigenvalue weighted by Gasteiger charge is -2.07. The maximum Gasteiger partial charge on any atom is 0.228 e. The molecule has 0 aromatic heterocycles. The predicted octanol–water partition coefficient (Wildman–Crippen LogP) is 1.52. The van der Waals surface area contributed by atoms with Crippen molar-refractivity contribution in [1.29, 1.82) is 0 Å². The highest BCUT2D eigenvalue weighted by molar-refractivity contribution is 5.99. The molecule has 3 amide bonds. The Kier molecular flexibility index (Phi) is 4.93. The molecule has 0 saturated heterocycles. The average molecular weight is 301 g/mol. The number of nitrogens with one attached hydrogen (secondary N) is 3. The van der Waals surface area contributed by atoms with Gasteiger partial charge in [-0.05, 0) is 30.7 Å². The minimum Gasteiger partial charge on any atom is -0.352 e. The molecule has 1 fully saturated rings. The van der Waals surface area contributed by atoms with Gasteiger partial charge in [-0.2, -0.15) is 0 Å². The van der Waals surface area contributed by atoms with Gasteiger partial charge in [0, 0.05) is 24.8 Å². The van der Waals surface area contributed by atoms with E-state index in [9.17, 15) is 14.4 Å². The van der Waals surface area contributed by atoms with Crippen molar-refractivity contribution in [3.63, 3.8) is 0 Å². The Morgan fingerprint density at radius 2 is 1.64 bits per heavy atom. The number of benzene rings is 1. The van der Waals surface area contributed by atoms with Gasteiger partial charge in [0.15, 0.2) is 0 Å². The zero-order valence-electron chi connectivity index (χ0n) is 12.4. The number of rotatable bonds is 6. The number of carbonyl (C=O) groups excluding carboxylic acids is 3. The molecule has 1 aliphatic rings. The molecule has 0 spiro atoms. The molecule has 2 rings (SSSR count). The molecule has 1 aromatic rings. The van der Waals surface area contributed by atoms with Crippen LogP contribution in [0.5, 0.6) is 0 Å². The van der Waals surface area contributed by atoms with Crippen LogP contribution in [0.2, 0.25) is 0 Å². The summed E-state index contributed by atoms with van der Waals surface area (Å²) in [6, 6.07) is 6.83. The van der Waals surface area contributed by atoms with E-state index in [0.717, 1.165) is 0 Å². The minimum absolute atomic E-state index is 0.110. The summed E-state index contributed by atoms with van der Waals surface area (Å²) in [5.41, 5.74) is 1.30. The maximum atomic E-state index is 12.0. The van der Waals surface area contributed by atoms with Gasteiger partial charge in [0.05, 0.1) is 11.8 Å². The van der Waals surface area contributed by atoms with E-state index in [4.69, 9.17) is 0 Å². The Morgan fingerprint density at radius 1 is 1.09 bits per heavy atom. The van der Waals surface area contributed by atoms with Crippen molar-refractivity contribution in [2.45, 2.75) is 13.3 Å². The van der Waals surface area contributed by atoms with E-state index in [-0.39, 0.29) is 29.6 Å². The summed E-state index contributed by atoms with van der Waals surface area (Å²) in [6.07, 6.45) is 2.17. The highest BCUT2D eigenvalue weighted by Gasteiger charge is 2.47. The lowest BCUT2D eigenvalue weighted by molar-refractivity contribution is -0.125. The van der Waals surface area contributed by atoms with Crippen molar-refractivity contribution in [3.05, 3.63) is 36.9 Å². The zero-order chi connectivity index (χ0) is 16.1. The Bertz CT molecular complexity index is 595. The van der Waals surface area contributed by atoms with Crippen LogP contribution >= 0.6 is 0 Å². The van der Waals surface area contributed by atoms with Crippen molar-refractivity contribution in [3.8, 4) is 0 Å². The highest BCUT2D eigenvalue weighted by Crippen LogP contribution is 2.39. The molecule has 2 unspecified atom stereocenters. The van der Waals surface area contributed by atoms with Crippen molar-refractivity contribution in [2.75, 3.05) is 17.2 Å². The van der Waals surface area contributed by atoms with E-state index in [1.54, 1.807) is 30.3 Å². The molecule has 6 heteroatoms. The largest absolute Gasteiger partial charge is 0.352 e. The maximum absolute atomic E-state index is 12.0. The smallest absolute Gasteiger partial charge is 0.228 e. The van der Waals surface area contributed by atoms with Gasteiger partial charge in [-0.3, -0.25) is 14.4 Å².